The summed E-state index contributed by atoms with van der Waals surface area (Å²) in [5, 5.41) is 3.97. The first-order chi connectivity index (χ1) is 15.5. The Labute approximate surface area is 186 Å². The summed E-state index contributed by atoms with van der Waals surface area (Å²) in [5.74, 6) is 0.872. The number of aromatic nitrogens is 1. The van der Waals surface area contributed by atoms with Gasteiger partial charge in [0.2, 0.25) is 0 Å². The first-order valence-corrected chi connectivity index (χ1v) is 9.85. The minimum Gasteiger partial charge on any atom is -0.496 e. The third kappa shape index (κ3) is 5.15. The Morgan fingerprint density at radius 2 is 1.66 bits per heavy atom. The standard InChI is InChI=1S/C24H25N3O5/c1-16-7-9-17(10-8-16)15-27-11-5-6-19(24(27)29)23(28)26-25-14-18-12-21(31-3)22(32-4)13-20(18)30-2/h5-14H,15H2,1-4H3,(H,26,28)/b25-14-. The van der Waals surface area contributed by atoms with Gasteiger partial charge in [-0.05, 0) is 30.7 Å². The van der Waals surface area contributed by atoms with Gasteiger partial charge in [-0.1, -0.05) is 29.8 Å². The summed E-state index contributed by atoms with van der Waals surface area (Å²) >= 11 is 0. The van der Waals surface area contributed by atoms with Crippen molar-refractivity contribution in [1.29, 1.82) is 0 Å². The third-order valence-electron chi connectivity index (χ3n) is 4.84. The van der Waals surface area contributed by atoms with E-state index in [2.05, 4.69) is 10.5 Å². The fourth-order valence-electron chi connectivity index (χ4n) is 3.10. The van der Waals surface area contributed by atoms with Crippen LogP contribution in [0.3, 0.4) is 0 Å². The smallest absolute Gasteiger partial charge is 0.276 e. The molecule has 32 heavy (non-hydrogen) atoms. The largest absolute Gasteiger partial charge is 0.496 e. The van der Waals surface area contributed by atoms with E-state index in [0.29, 0.717) is 29.4 Å². The maximum atomic E-state index is 12.8. The Hall–Kier alpha value is -4.07. The van der Waals surface area contributed by atoms with Crippen LogP contribution in [-0.4, -0.2) is 38.0 Å². The fourth-order valence-corrected chi connectivity index (χ4v) is 3.10. The number of hydrazone groups is 1. The number of benzene rings is 2. The summed E-state index contributed by atoms with van der Waals surface area (Å²) < 4.78 is 17.4. The van der Waals surface area contributed by atoms with Gasteiger partial charge in [-0.3, -0.25) is 9.59 Å². The van der Waals surface area contributed by atoms with Gasteiger partial charge < -0.3 is 18.8 Å². The van der Waals surface area contributed by atoms with E-state index in [1.54, 1.807) is 24.4 Å². The topological polar surface area (TPSA) is 91.2 Å². The van der Waals surface area contributed by atoms with Crippen LogP contribution in [0.25, 0.3) is 0 Å². The Morgan fingerprint density at radius 3 is 2.31 bits per heavy atom. The van der Waals surface area contributed by atoms with Crippen LogP contribution >= 0.6 is 0 Å². The summed E-state index contributed by atoms with van der Waals surface area (Å²) in [7, 11) is 4.55. The van der Waals surface area contributed by atoms with Crippen molar-refractivity contribution in [3.63, 3.8) is 0 Å². The van der Waals surface area contributed by atoms with Gasteiger partial charge in [0.05, 0.1) is 34.1 Å². The van der Waals surface area contributed by atoms with Crippen LogP contribution in [0.15, 0.2) is 64.6 Å². The molecule has 0 bridgehead atoms. The Kier molecular flexibility index (Phi) is 7.28. The van der Waals surface area contributed by atoms with Gasteiger partial charge in [0.25, 0.3) is 11.5 Å². The van der Waals surface area contributed by atoms with Crippen molar-refractivity contribution in [2.24, 2.45) is 5.10 Å². The van der Waals surface area contributed by atoms with Crippen LogP contribution in [0.1, 0.15) is 27.0 Å². The Bertz CT molecular complexity index is 1180. The molecule has 1 amide bonds. The van der Waals surface area contributed by atoms with Gasteiger partial charge in [0.1, 0.15) is 11.3 Å². The van der Waals surface area contributed by atoms with E-state index in [-0.39, 0.29) is 5.56 Å². The van der Waals surface area contributed by atoms with Crippen LogP contribution < -0.4 is 25.2 Å². The molecule has 2 aromatic carbocycles. The molecule has 3 rings (SSSR count). The van der Waals surface area contributed by atoms with E-state index >= 15 is 0 Å². The number of aryl methyl sites for hydroxylation is 1. The zero-order chi connectivity index (χ0) is 23.1. The van der Waals surface area contributed by atoms with E-state index in [1.165, 1.54) is 38.2 Å². The number of carbonyl (C=O) groups excluding carboxylic acids is 1. The van der Waals surface area contributed by atoms with Crippen LogP contribution in [0.5, 0.6) is 17.2 Å². The van der Waals surface area contributed by atoms with Crippen molar-refractivity contribution in [1.82, 2.24) is 9.99 Å². The zero-order valence-electron chi connectivity index (χ0n) is 18.4. The number of amides is 1. The first kappa shape index (κ1) is 22.6. The van der Waals surface area contributed by atoms with Crippen LogP contribution in [0.2, 0.25) is 0 Å². The molecule has 0 spiro atoms. The van der Waals surface area contributed by atoms with E-state index in [0.717, 1.165) is 11.1 Å². The number of methoxy groups -OCH3 is 3. The van der Waals surface area contributed by atoms with Gasteiger partial charge >= 0.3 is 0 Å². The third-order valence-corrected chi connectivity index (χ3v) is 4.84. The molecule has 0 atom stereocenters. The predicted molar refractivity (Wildman–Crippen MR) is 122 cm³/mol. The number of nitrogens with one attached hydrogen (secondary N) is 1. The number of nitrogens with zero attached hydrogens (tertiary/aromatic N) is 2. The number of rotatable bonds is 8. The number of hydrogen-bond donors (Lipinski definition) is 1. The van der Waals surface area contributed by atoms with Crippen molar-refractivity contribution in [3.8, 4) is 17.2 Å². The molecule has 0 saturated carbocycles. The molecule has 0 saturated heterocycles. The van der Waals surface area contributed by atoms with Crippen molar-refractivity contribution in [2.45, 2.75) is 13.5 Å². The SMILES string of the molecule is COc1cc(OC)c(OC)cc1/C=N\NC(=O)c1cccn(Cc2ccc(C)cc2)c1=O. The monoisotopic (exact) mass is 435 g/mol. The summed E-state index contributed by atoms with van der Waals surface area (Å²) in [5.41, 5.74) is 4.66. The molecule has 0 aliphatic heterocycles. The van der Waals surface area contributed by atoms with E-state index in [4.69, 9.17) is 14.2 Å². The lowest BCUT2D eigenvalue weighted by Crippen LogP contribution is -2.30. The summed E-state index contributed by atoms with van der Waals surface area (Å²) in [6.07, 6.45) is 3.06. The molecule has 0 radical (unpaired) electrons. The second-order valence-electron chi connectivity index (χ2n) is 6.99. The summed E-state index contributed by atoms with van der Waals surface area (Å²) in [6, 6.07) is 14.3. The van der Waals surface area contributed by atoms with E-state index < -0.39 is 11.5 Å². The molecule has 1 aromatic heterocycles. The molecule has 8 heteroatoms. The average Bonchev–Trinajstić information content (AvgIpc) is 2.81. The molecule has 1 N–H and O–H groups in total. The highest BCUT2D eigenvalue weighted by Crippen LogP contribution is 2.33. The van der Waals surface area contributed by atoms with E-state index in [9.17, 15) is 9.59 Å². The number of carbonyl (C=O) groups is 1. The zero-order valence-corrected chi connectivity index (χ0v) is 18.4. The summed E-state index contributed by atoms with van der Waals surface area (Å²) in [6.45, 7) is 2.37. The normalized spacial score (nSPS) is 10.8. The van der Waals surface area contributed by atoms with Crippen molar-refractivity contribution in [3.05, 3.63) is 87.3 Å². The average molecular weight is 435 g/mol. The Balaban J connectivity index is 1.77. The fraction of sp³-hybridized carbons (Fsp3) is 0.208. The second kappa shape index (κ2) is 10.3. The van der Waals surface area contributed by atoms with Gasteiger partial charge in [0.15, 0.2) is 11.5 Å². The van der Waals surface area contributed by atoms with Crippen molar-refractivity contribution >= 4 is 12.1 Å². The van der Waals surface area contributed by atoms with E-state index in [1.807, 2.05) is 31.2 Å². The molecule has 0 fully saturated rings. The molecular formula is C24H25N3O5. The summed E-state index contributed by atoms with van der Waals surface area (Å²) in [4.78, 5) is 25.3. The minimum absolute atomic E-state index is 0.00367. The number of ether oxygens (including phenoxy) is 3. The Morgan fingerprint density at radius 1 is 1.00 bits per heavy atom. The van der Waals surface area contributed by atoms with Crippen LogP contribution in [0, 0.1) is 6.92 Å². The van der Waals surface area contributed by atoms with Gasteiger partial charge in [-0.15, -0.1) is 0 Å². The second-order valence-corrected chi connectivity index (χ2v) is 6.99. The molecule has 8 nitrogen and oxygen atoms in total. The van der Waals surface area contributed by atoms with Gasteiger partial charge in [0, 0.05) is 17.8 Å². The van der Waals surface area contributed by atoms with Crippen LogP contribution in [0.4, 0.5) is 0 Å². The predicted octanol–water partition coefficient (Wildman–Crippen LogP) is 2.99. The minimum atomic E-state index is -0.607. The lowest BCUT2D eigenvalue weighted by molar-refractivity contribution is 0.0953. The highest BCUT2D eigenvalue weighted by atomic mass is 16.5. The van der Waals surface area contributed by atoms with Gasteiger partial charge in [-0.2, -0.15) is 5.10 Å². The molecule has 166 valence electrons. The quantitative estimate of drug-likeness (QED) is 0.434. The van der Waals surface area contributed by atoms with Crippen molar-refractivity contribution in [2.75, 3.05) is 21.3 Å². The highest BCUT2D eigenvalue weighted by molar-refractivity contribution is 5.94. The maximum absolute atomic E-state index is 12.8. The highest BCUT2D eigenvalue weighted by Gasteiger charge is 2.13. The molecule has 3 aromatic rings. The lowest BCUT2D eigenvalue weighted by Gasteiger charge is -2.11. The maximum Gasteiger partial charge on any atom is 0.276 e. The van der Waals surface area contributed by atoms with Crippen molar-refractivity contribution < 1.29 is 19.0 Å². The molecule has 1 heterocycles. The molecule has 0 unspecified atom stereocenters. The van der Waals surface area contributed by atoms with Crippen LogP contribution in [-0.2, 0) is 6.54 Å². The number of hydrogen-bond acceptors (Lipinski definition) is 6. The molecule has 0 aliphatic carbocycles. The molecular weight excluding hydrogens is 410 g/mol. The molecule has 0 aliphatic rings. The number of pyridine rings is 1. The van der Waals surface area contributed by atoms with Gasteiger partial charge in [-0.25, -0.2) is 5.43 Å². The lowest BCUT2D eigenvalue weighted by atomic mass is 10.1. The first-order valence-electron chi connectivity index (χ1n) is 9.85.